The van der Waals surface area contributed by atoms with Gasteiger partial charge in [-0.1, -0.05) is 30.7 Å². The van der Waals surface area contributed by atoms with Crippen molar-refractivity contribution in [1.29, 1.82) is 0 Å². The van der Waals surface area contributed by atoms with E-state index >= 15 is 0 Å². The Labute approximate surface area is 116 Å². The molecule has 0 aliphatic heterocycles. The monoisotopic (exact) mass is 278 g/mol. The molecule has 0 atom stereocenters. The summed E-state index contributed by atoms with van der Waals surface area (Å²) >= 11 is 6.05. The lowest BCUT2D eigenvalue weighted by Gasteiger charge is -2.08. The van der Waals surface area contributed by atoms with E-state index in [1.807, 2.05) is 26.0 Å². The van der Waals surface area contributed by atoms with E-state index in [-0.39, 0.29) is 11.7 Å². The van der Waals surface area contributed by atoms with E-state index < -0.39 is 0 Å². The zero-order chi connectivity index (χ0) is 13.8. The Hall–Kier alpha value is -1.88. The summed E-state index contributed by atoms with van der Waals surface area (Å²) < 4.78 is 0. The standard InChI is InChI=1S/C13H15ClN4O/c1-3-5-10-15-12(18-17-10)13(19)16-11-8(2)6-4-7-9(11)14/h4,6-7H,3,5H2,1-2H3,(H,16,19)(H,15,17,18). The van der Waals surface area contributed by atoms with Crippen LogP contribution in [0.15, 0.2) is 18.2 Å². The molecule has 0 aliphatic carbocycles. The molecular formula is C13H15ClN4O. The van der Waals surface area contributed by atoms with Gasteiger partial charge in [0.1, 0.15) is 5.82 Å². The Bertz CT molecular complexity index is 574. The third kappa shape index (κ3) is 3.12. The molecule has 0 fully saturated rings. The van der Waals surface area contributed by atoms with Crippen molar-refractivity contribution in [2.75, 3.05) is 5.32 Å². The van der Waals surface area contributed by atoms with Crippen molar-refractivity contribution in [2.45, 2.75) is 26.7 Å². The molecule has 0 bridgehead atoms. The third-order valence-electron chi connectivity index (χ3n) is 2.68. The minimum atomic E-state index is -0.366. The van der Waals surface area contributed by atoms with Gasteiger partial charge < -0.3 is 5.32 Å². The number of rotatable bonds is 4. The highest BCUT2D eigenvalue weighted by atomic mass is 35.5. The number of hydrogen-bond acceptors (Lipinski definition) is 3. The van der Waals surface area contributed by atoms with Gasteiger partial charge in [-0.3, -0.25) is 9.89 Å². The number of para-hydroxylation sites is 1. The lowest BCUT2D eigenvalue weighted by Crippen LogP contribution is -2.15. The van der Waals surface area contributed by atoms with Gasteiger partial charge in [0.25, 0.3) is 5.91 Å². The van der Waals surface area contributed by atoms with Crippen LogP contribution in [0.25, 0.3) is 0 Å². The molecule has 1 aromatic heterocycles. The van der Waals surface area contributed by atoms with E-state index in [0.29, 0.717) is 16.5 Å². The van der Waals surface area contributed by atoms with Gasteiger partial charge in [0.05, 0.1) is 10.7 Å². The highest BCUT2D eigenvalue weighted by Gasteiger charge is 2.14. The number of halogens is 1. The predicted molar refractivity (Wildman–Crippen MR) is 74.5 cm³/mol. The zero-order valence-corrected chi connectivity index (χ0v) is 11.6. The first-order valence-electron chi connectivity index (χ1n) is 6.09. The summed E-state index contributed by atoms with van der Waals surface area (Å²) in [5, 5.41) is 9.88. The first-order chi connectivity index (χ1) is 9.11. The van der Waals surface area contributed by atoms with Crippen LogP contribution in [0.2, 0.25) is 5.02 Å². The van der Waals surface area contributed by atoms with Gasteiger partial charge in [-0.25, -0.2) is 4.98 Å². The highest BCUT2D eigenvalue weighted by molar-refractivity contribution is 6.34. The lowest BCUT2D eigenvalue weighted by atomic mass is 10.2. The maximum absolute atomic E-state index is 12.0. The molecule has 0 saturated carbocycles. The van der Waals surface area contributed by atoms with Crippen LogP contribution in [0, 0.1) is 6.92 Å². The molecular weight excluding hydrogens is 264 g/mol. The van der Waals surface area contributed by atoms with Gasteiger partial charge in [0.15, 0.2) is 0 Å². The van der Waals surface area contributed by atoms with Crippen LogP contribution in [0.1, 0.15) is 35.4 Å². The molecule has 2 N–H and O–H groups in total. The number of nitrogens with one attached hydrogen (secondary N) is 2. The quantitative estimate of drug-likeness (QED) is 0.903. The van der Waals surface area contributed by atoms with E-state index in [9.17, 15) is 4.79 Å². The van der Waals surface area contributed by atoms with Gasteiger partial charge in [-0.2, -0.15) is 0 Å². The molecule has 2 rings (SSSR count). The summed E-state index contributed by atoms with van der Waals surface area (Å²) in [7, 11) is 0. The molecule has 0 aliphatic rings. The van der Waals surface area contributed by atoms with Crippen molar-refractivity contribution < 1.29 is 4.79 Å². The number of hydrogen-bond donors (Lipinski definition) is 2. The maximum Gasteiger partial charge on any atom is 0.295 e. The summed E-state index contributed by atoms with van der Waals surface area (Å²) in [5.41, 5.74) is 1.49. The zero-order valence-electron chi connectivity index (χ0n) is 10.8. The minimum Gasteiger partial charge on any atom is -0.318 e. The average molecular weight is 279 g/mol. The van der Waals surface area contributed by atoms with Crippen LogP contribution in [0.4, 0.5) is 5.69 Å². The fraction of sp³-hybridized carbons (Fsp3) is 0.308. The van der Waals surface area contributed by atoms with Crippen molar-refractivity contribution in [3.05, 3.63) is 40.4 Å². The van der Waals surface area contributed by atoms with E-state index in [1.54, 1.807) is 6.07 Å². The maximum atomic E-state index is 12.0. The number of nitrogens with zero attached hydrogens (tertiary/aromatic N) is 2. The summed E-state index contributed by atoms with van der Waals surface area (Å²) in [6, 6.07) is 5.44. The van der Waals surface area contributed by atoms with Gasteiger partial charge in [0.2, 0.25) is 5.82 Å². The molecule has 0 radical (unpaired) electrons. The highest BCUT2D eigenvalue weighted by Crippen LogP contribution is 2.25. The topological polar surface area (TPSA) is 70.7 Å². The third-order valence-corrected chi connectivity index (χ3v) is 3.00. The number of aromatic nitrogens is 3. The normalized spacial score (nSPS) is 10.5. The first kappa shape index (κ1) is 13.5. The Balaban J connectivity index is 2.16. The molecule has 2 aromatic rings. The second-order valence-corrected chi connectivity index (χ2v) is 4.65. The molecule has 1 amide bonds. The minimum absolute atomic E-state index is 0.128. The van der Waals surface area contributed by atoms with Crippen LogP contribution < -0.4 is 5.32 Å². The molecule has 5 nitrogen and oxygen atoms in total. The smallest absolute Gasteiger partial charge is 0.295 e. The van der Waals surface area contributed by atoms with Crippen molar-refractivity contribution in [3.63, 3.8) is 0 Å². The Morgan fingerprint density at radius 1 is 1.47 bits per heavy atom. The number of benzene rings is 1. The number of amides is 1. The van der Waals surface area contributed by atoms with Crippen LogP contribution in [-0.2, 0) is 6.42 Å². The van der Waals surface area contributed by atoms with Crippen LogP contribution in [-0.4, -0.2) is 21.1 Å². The number of carbonyl (C=O) groups excluding carboxylic acids is 1. The molecule has 0 spiro atoms. The Kier molecular flexibility index (Phi) is 4.16. The Morgan fingerprint density at radius 2 is 2.26 bits per heavy atom. The number of aryl methyl sites for hydroxylation is 2. The molecule has 100 valence electrons. The van der Waals surface area contributed by atoms with E-state index in [1.165, 1.54) is 0 Å². The van der Waals surface area contributed by atoms with Gasteiger partial charge in [0, 0.05) is 6.42 Å². The van der Waals surface area contributed by atoms with Gasteiger partial charge >= 0.3 is 0 Å². The summed E-state index contributed by atoms with van der Waals surface area (Å²) in [6.07, 6.45) is 1.71. The van der Waals surface area contributed by atoms with Crippen molar-refractivity contribution >= 4 is 23.2 Å². The van der Waals surface area contributed by atoms with Gasteiger partial charge in [-0.05, 0) is 25.0 Å². The molecule has 19 heavy (non-hydrogen) atoms. The fourth-order valence-electron chi connectivity index (χ4n) is 1.71. The Morgan fingerprint density at radius 3 is 2.95 bits per heavy atom. The van der Waals surface area contributed by atoms with Crippen LogP contribution in [0.3, 0.4) is 0 Å². The number of H-pyrrole nitrogens is 1. The van der Waals surface area contributed by atoms with Crippen molar-refractivity contribution in [2.24, 2.45) is 0 Å². The molecule has 1 heterocycles. The molecule has 0 saturated heterocycles. The van der Waals surface area contributed by atoms with Crippen LogP contribution in [0.5, 0.6) is 0 Å². The van der Waals surface area contributed by atoms with E-state index in [0.717, 1.165) is 18.4 Å². The second kappa shape index (κ2) is 5.84. The summed E-state index contributed by atoms with van der Waals surface area (Å²) in [5.74, 6) is 0.473. The molecule has 0 unspecified atom stereocenters. The number of carbonyl (C=O) groups is 1. The number of aromatic amines is 1. The van der Waals surface area contributed by atoms with E-state index in [2.05, 4.69) is 20.5 Å². The predicted octanol–water partition coefficient (Wildman–Crippen LogP) is 2.97. The van der Waals surface area contributed by atoms with Crippen molar-refractivity contribution in [3.8, 4) is 0 Å². The lowest BCUT2D eigenvalue weighted by molar-refractivity contribution is 0.101. The van der Waals surface area contributed by atoms with Crippen LogP contribution >= 0.6 is 11.6 Å². The van der Waals surface area contributed by atoms with Gasteiger partial charge in [-0.15, -0.1) is 5.10 Å². The SMILES string of the molecule is CCCc1nc(C(=O)Nc2c(C)cccc2Cl)n[nH]1. The van der Waals surface area contributed by atoms with Crippen molar-refractivity contribution in [1.82, 2.24) is 15.2 Å². The fourth-order valence-corrected chi connectivity index (χ4v) is 1.97. The first-order valence-corrected chi connectivity index (χ1v) is 6.47. The molecule has 6 heteroatoms. The number of anilines is 1. The summed E-state index contributed by atoms with van der Waals surface area (Å²) in [6.45, 7) is 3.91. The second-order valence-electron chi connectivity index (χ2n) is 4.24. The van der Waals surface area contributed by atoms with E-state index in [4.69, 9.17) is 11.6 Å². The largest absolute Gasteiger partial charge is 0.318 e. The summed E-state index contributed by atoms with van der Waals surface area (Å²) in [4.78, 5) is 16.2. The average Bonchev–Trinajstić information content (AvgIpc) is 2.83. The molecule has 1 aromatic carbocycles.